The van der Waals surface area contributed by atoms with E-state index in [0.717, 1.165) is 47.3 Å². The quantitative estimate of drug-likeness (QED) is 0.900. The van der Waals surface area contributed by atoms with E-state index in [4.69, 9.17) is 0 Å². The minimum atomic E-state index is -0.177. The van der Waals surface area contributed by atoms with Crippen molar-refractivity contribution >= 4 is 17.4 Å². The number of nitrogens with zero attached hydrogens (tertiary/aromatic N) is 4. The second-order valence-corrected chi connectivity index (χ2v) is 7.09. The first-order valence-corrected chi connectivity index (χ1v) is 8.79. The van der Waals surface area contributed by atoms with Crippen LogP contribution in [-0.2, 0) is 6.54 Å². The Kier molecular flexibility index (Phi) is 4.61. The molecule has 2 N–H and O–H groups in total. The maximum Gasteiger partial charge on any atom is 0.315 e. The van der Waals surface area contributed by atoms with E-state index in [9.17, 15) is 4.79 Å². The van der Waals surface area contributed by atoms with Crippen molar-refractivity contribution in [2.45, 2.75) is 58.7 Å². The molecule has 0 radical (unpaired) electrons. The van der Waals surface area contributed by atoms with Gasteiger partial charge < -0.3 is 10.6 Å². The first-order valence-electron chi connectivity index (χ1n) is 7.97. The number of hydrogen-bond donors (Lipinski definition) is 2. The van der Waals surface area contributed by atoms with Gasteiger partial charge in [-0.3, -0.25) is 0 Å². The number of fused-ring (bicyclic) bond motifs is 1. The molecule has 1 aliphatic rings. The van der Waals surface area contributed by atoms with Crippen molar-refractivity contribution in [3.05, 3.63) is 27.7 Å². The van der Waals surface area contributed by atoms with E-state index in [2.05, 4.69) is 25.7 Å². The zero-order chi connectivity index (χ0) is 16.4. The molecule has 2 aromatic rings. The lowest BCUT2D eigenvalue weighted by molar-refractivity contribution is 0.228. The third kappa shape index (κ3) is 3.52. The Labute approximate surface area is 139 Å². The molecule has 0 spiro atoms. The average molecular weight is 334 g/mol. The number of aromatic nitrogens is 4. The predicted octanol–water partition coefficient (Wildman–Crippen LogP) is 2.64. The molecule has 1 aliphatic heterocycles. The van der Waals surface area contributed by atoms with Gasteiger partial charge in [-0.15, -0.1) is 11.3 Å². The molecule has 0 saturated carbocycles. The molecular weight excluding hydrogens is 312 g/mol. The summed E-state index contributed by atoms with van der Waals surface area (Å²) < 4.78 is 1.89. The summed E-state index contributed by atoms with van der Waals surface area (Å²) in [5.74, 6) is 1.60. The largest absolute Gasteiger partial charge is 0.329 e. The molecule has 3 heterocycles. The summed E-state index contributed by atoms with van der Waals surface area (Å²) in [6.45, 7) is 6.81. The molecular formula is C15H22N6OS. The predicted molar refractivity (Wildman–Crippen MR) is 88.3 cm³/mol. The summed E-state index contributed by atoms with van der Waals surface area (Å²) >= 11 is 1.62. The first kappa shape index (κ1) is 15.9. The normalized spacial score (nSPS) is 18.3. The van der Waals surface area contributed by atoms with Crippen LogP contribution in [0.5, 0.6) is 0 Å². The van der Waals surface area contributed by atoms with E-state index < -0.39 is 0 Å². The van der Waals surface area contributed by atoms with E-state index in [1.807, 2.05) is 31.6 Å². The lowest BCUT2D eigenvalue weighted by Gasteiger charge is -2.24. The minimum Gasteiger partial charge on any atom is -0.329 e. The Morgan fingerprint density at radius 3 is 3.04 bits per heavy atom. The zero-order valence-corrected chi connectivity index (χ0v) is 14.5. The summed E-state index contributed by atoms with van der Waals surface area (Å²) in [6, 6.07) is -0.318. The summed E-state index contributed by atoms with van der Waals surface area (Å²) in [6.07, 6.45) is 4.53. The van der Waals surface area contributed by atoms with Gasteiger partial charge in [-0.25, -0.2) is 19.4 Å². The molecule has 2 aromatic heterocycles. The average Bonchev–Trinajstić information content (AvgIpc) is 3.10. The van der Waals surface area contributed by atoms with Crippen LogP contribution in [0.2, 0.25) is 0 Å². The molecule has 2 atom stereocenters. The highest BCUT2D eigenvalue weighted by Gasteiger charge is 2.26. The number of amides is 2. The number of carbonyl (C=O) groups is 1. The molecule has 124 valence electrons. The van der Waals surface area contributed by atoms with Crippen molar-refractivity contribution in [1.29, 1.82) is 0 Å². The maximum absolute atomic E-state index is 12.4. The fourth-order valence-corrected chi connectivity index (χ4v) is 3.74. The Morgan fingerprint density at radius 1 is 1.52 bits per heavy atom. The van der Waals surface area contributed by atoms with E-state index in [0.29, 0.717) is 0 Å². The Bertz CT molecular complexity index is 694. The van der Waals surface area contributed by atoms with Crippen molar-refractivity contribution < 1.29 is 4.79 Å². The Balaban J connectivity index is 1.65. The molecule has 3 rings (SSSR count). The fourth-order valence-electron chi connectivity index (χ4n) is 2.83. The number of nitrogens with one attached hydrogen (secondary N) is 2. The molecule has 23 heavy (non-hydrogen) atoms. The van der Waals surface area contributed by atoms with Gasteiger partial charge in [0.25, 0.3) is 0 Å². The lowest BCUT2D eigenvalue weighted by atomic mass is 10.1. The molecule has 0 aromatic carbocycles. The van der Waals surface area contributed by atoms with Crippen LogP contribution in [-0.4, -0.2) is 25.8 Å². The molecule has 2 amide bonds. The van der Waals surface area contributed by atoms with Gasteiger partial charge in [0.05, 0.1) is 12.1 Å². The van der Waals surface area contributed by atoms with Gasteiger partial charge >= 0.3 is 6.03 Å². The van der Waals surface area contributed by atoms with Crippen molar-refractivity contribution in [2.24, 2.45) is 0 Å². The van der Waals surface area contributed by atoms with Gasteiger partial charge in [-0.05, 0) is 33.1 Å². The lowest BCUT2D eigenvalue weighted by Crippen LogP contribution is -2.41. The molecule has 0 aliphatic carbocycles. The van der Waals surface area contributed by atoms with E-state index in [-0.39, 0.29) is 18.1 Å². The van der Waals surface area contributed by atoms with Crippen LogP contribution >= 0.6 is 11.3 Å². The smallest absolute Gasteiger partial charge is 0.315 e. The topological polar surface area (TPSA) is 84.7 Å². The molecule has 0 bridgehead atoms. The van der Waals surface area contributed by atoms with Crippen molar-refractivity contribution in [2.75, 3.05) is 0 Å². The van der Waals surface area contributed by atoms with Crippen LogP contribution in [0.25, 0.3) is 0 Å². The summed E-state index contributed by atoms with van der Waals surface area (Å²) in [5, 5.41) is 11.4. The highest BCUT2D eigenvalue weighted by Crippen LogP contribution is 2.24. The molecule has 0 unspecified atom stereocenters. The molecule has 8 heteroatoms. The number of urea groups is 1. The molecule has 0 saturated heterocycles. The fraction of sp³-hybridized carbons (Fsp3) is 0.600. The maximum atomic E-state index is 12.4. The van der Waals surface area contributed by atoms with E-state index in [1.165, 1.54) is 0 Å². The minimum absolute atomic E-state index is 0.0584. The molecule has 7 nitrogen and oxygen atoms in total. The van der Waals surface area contributed by atoms with Crippen LogP contribution in [0.4, 0.5) is 4.79 Å². The van der Waals surface area contributed by atoms with Gasteiger partial charge in [0, 0.05) is 17.6 Å². The number of thiazole rings is 1. The number of hydrogen-bond acceptors (Lipinski definition) is 5. The Hall–Kier alpha value is -1.96. The van der Waals surface area contributed by atoms with Gasteiger partial charge in [-0.1, -0.05) is 6.92 Å². The first-order chi connectivity index (χ1) is 11.1. The van der Waals surface area contributed by atoms with Crippen LogP contribution in [0, 0.1) is 13.8 Å². The second-order valence-electron chi connectivity index (χ2n) is 5.82. The molecule has 0 fully saturated rings. The number of rotatable bonds is 4. The van der Waals surface area contributed by atoms with Crippen LogP contribution in [0.1, 0.15) is 59.8 Å². The number of carbonyl (C=O) groups excluding carboxylic acids is 1. The summed E-state index contributed by atoms with van der Waals surface area (Å²) in [4.78, 5) is 22.3. The third-order valence-electron chi connectivity index (χ3n) is 3.94. The highest BCUT2D eigenvalue weighted by atomic mass is 32.1. The van der Waals surface area contributed by atoms with Crippen LogP contribution in [0.3, 0.4) is 0 Å². The zero-order valence-electron chi connectivity index (χ0n) is 13.7. The van der Waals surface area contributed by atoms with Gasteiger partial charge in [0.2, 0.25) is 0 Å². The standard InChI is InChI=1S/C15H22N6OS/c1-4-11(14-16-8-9(2)23-14)18-15(22)19-12-6-5-7-21-13(12)17-10(3)20-21/h8,11-12H,4-7H2,1-3H3,(H2,18,19,22)/t11-,12-/m1/s1. The third-order valence-corrected chi connectivity index (χ3v) is 4.96. The monoisotopic (exact) mass is 334 g/mol. The van der Waals surface area contributed by atoms with Gasteiger partial charge in [0.15, 0.2) is 0 Å². The van der Waals surface area contributed by atoms with Crippen molar-refractivity contribution in [3.8, 4) is 0 Å². The summed E-state index contributed by atoms with van der Waals surface area (Å²) in [7, 11) is 0. The van der Waals surface area contributed by atoms with Gasteiger partial charge in [-0.2, -0.15) is 5.10 Å². The van der Waals surface area contributed by atoms with Crippen LogP contribution < -0.4 is 10.6 Å². The van der Waals surface area contributed by atoms with E-state index in [1.54, 1.807) is 11.3 Å². The summed E-state index contributed by atoms with van der Waals surface area (Å²) in [5.41, 5.74) is 0. The Morgan fingerprint density at radius 2 is 2.35 bits per heavy atom. The van der Waals surface area contributed by atoms with Crippen molar-refractivity contribution in [3.63, 3.8) is 0 Å². The van der Waals surface area contributed by atoms with E-state index >= 15 is 0 Å². The van der Waals surface area contributed by atoms with Gasteiger partial charge in [0.1, 0.15) is 16.7 Å². The second kappa shape index (κ2) is 6.66. The SMILES string of the molecule is CC[C@@H](NC(=O)N[C@@H]1CCCn2nc(C)nc21)c1ncc(C)s1. The number of aryl methyl sites for hydroxylation is 3. The highest BCUT2D eigenvalue weighted by molar-refractivity contribution is 7.11. The van der Waals surface area contributed by atoms with Crippen molar-refractivity contribution in [1.82, 2.24) is 30.4 Å². The van der Waals surface area contributed by atoms with Crippen LogP contribution in [0.15, 0.2) is 6.20 Å².